The monoisotopic (exact) mass is 422 g/mol. The fraction of sp³-hybridized carbons (Fsp3) is 1.00. The molecule has 1 unspecified atom stereocenters. The van der Waals surface area contributed by atoms with Gasteiger partial charge in [0.25, 0.3) is 0 Å². The summed E-state index contributed by atoms with van der Waals surface area (Å²) in [7, 11) is 0. The summed E-state index contributed by atoms with van der Waals surface area (Å²) in [4.78, 5) is 0. The zero-order valence-electron chi connectivity index (χ0n) is 22.1. The molecule has 182 valence electrons. The van der Waals surface area contributed by atoms with Crippen molar-refractivity contribution in [1.82, 2.24) is 0 Å². The Kier molecular flexibility index (Phi) is 25.3. The van der Waals surface area contributed by atoms with E-state index in [1.165, 1.54) is 154 Å². The molecule has 0 saturated carbocycles. The molecule has 0 heteroatoms. The first kappa shape index (κ1) is 30.0. The van der Waals surface area contributed by atoms with Gasteiger partial charge in [-0.25, -0.2) is 0 Å². The zero-order chi connectivity index (χ0) is 22.1. The highest BCUT2D eigenvalue weighted by atomic mass is 14.1. The molecule has 0 aromatic heterocycles. The SMILES string of the molecule is CCCCCCC(C)CCCCCCCCCCCCCCCCCCCC(C)C. The lowest BCUT2D eigenvalue weighted by Crippen LogP contribution is -1.95. The largest absolute Gasteiger partial charge is 0.0654 e. The van der Waals surface area contributed by atoms with Crippen molar-refractivity contribution < 1.29 is 0 Å². The van der Waals surface area contributed by atoms with Crippen molar-refractivity contribution in [3.63, 3.8) is 0 Å². The van der Waals surface area contributed by atoms with Crippen LogP contribution in [0.5, 0.6) is 0 Å². The smallest absolute Gasteiger partial charge is 0.0443 e. The van der Waals surface area contributed by atoms with Crippen LogP contribution in [0.15, 0.2) is 0 Å². The molecule has 0 saturated heterocycles. The lowest BCUT2D eigenvalue weighted by molar-refractivity contribution is 0.433. The van der Waals surface area contributed by atoms with Crippen molar-refractivity contribution in [1.29, 1.82) is 0 Å². The maximum Gasteiger partial charge on any atom is -0.0443 e. The molecule has 0 N–H and O–H groups in total. The van der Waals surface area contributed by atoms with Gasteiger partial charge in [-0.1, -0.05) is 182 Å². The summed E-state index contributed by atoms with van der Waals surface area (Å²) >= 11 is 0. The van der Waals surface area contributed by atoms with Crippen LogP contribution >= 0.6 is 0 Å². The van der Waals surface area contributed by atoms with Crippen LogP contribution < -0.4 is 0 Å². The third-order valence-electron chi connectivity index (χ3n) is 7.03. The fourth-order valence-electron chi connectivity index (χ4n) is 4.76. The predicted octanol–water partition coefficient (Wildman–Crippen LogP) is 11.7. The highest BCUT2D eigenvalue weighted by molar-refractivity contribution is 4.56. The third-order valence-corrected chi connectivity index (χ3v) is 7.03. The Morgan fingerprint density at radius 3 is 0.900 bits per heavy atom. The van der Waals surface area contributed by atoms with Crippen molar-refractivity contribution in [2.45, 2.75) is 182 Å². The summed E-state index contributed by atoms with van der Waals surface area (Å²) in [6.07, 6.45) is 35.3. The molecule has 0 rings (SSSR count). The van der Waals surface area contributed by atoms with Crippen molar-refractivity contribution >= 4 is 0 Å². The molecule has 0 radical (unpaired) electrons. The molecule has 0 aliphatic carbocycles. The fourth-order valence-corrected chi connectivity index (χ4v) is 4.76. The normalized spacial score (nSPS) is 12.7. The Morgan fingerprint density at radius 2 is 0.600 bits per heavy atom. The maximum absolute atomic E-state index is 2.47. The second-order valence-corrected chi connectivity index (χ2v) is 10.9. The minimum absolute atomic E-state index is 0.897. The number of rotatable bonds is 25. The van der Waals surface area contributed by atoms with Crippen LogP contribution in [-0.4, -0.2) is 0 Å². The first-order valence-corrected chi connectivity index (χ1v) is 14.7. The minimum atomic E-state index is 0.897. The van der Waals surface area contributed by atoms with Gasteiger partial charge in [-0.2, -0.15) is 0 Å². The Bertz CT molecular complexity index is 292. The van der Waals surface area contributed by atoms with E-state index in [0.29, 0.717) is 0 Å². The molecule has 1 atom stereocenters. The van der Waals surface area contributed by atoms with E-state index >= 15 is 0 Å². The Labute approximate surface area is 193 Å². The summed E-state index contributed by atoms with van der Waals surface area (Å²) in [5.41, 5.74) is 0. The first-order valence-electron chi connectivity index (χ1n) is 14.7. The van der Waals surface area contributed by atoms with Crippen LogP contribution in [0.25, 0.3) is 0 Å². The van der Waals surface area contributed by atoms with Gasteiger partial charge in [0.15, 0.2) is 0 Å². The van der Waals surface area contributed by atoms with Crippen LogP contribution in [0.3, 0.4) is 0 Å². The van der Waals surface area contributed by atoms with Crippen LogP contribution in [0, 0.1) is 11.8 Å². The second-order valence-electron chi connectivity index (χ2n) is 10.9. The van der Waals surface area contributed by atoms with Crippen LogP contribution in [0.1, 0.15) is 182 Å². The molecule has 0 aliphatic heterocycles. The molecule has 0 aromatic carbocycles. The van der Waals surface area contributed by atoms with E-state index in [0.717, 1.165) is 11.8 Å². The van der Waals surface area contributed by atoms with Gasteiger partial charge in [0.05, 0.1) is 0 Å². The van der Waals surface area contributed by atoms with E-state index in [1.807, 2.05) is 0 Å². The average molecular weight is 423 g/mol. The Balaban J connectivity index is 3.08. The van der Waals surface area contributed by atoms with E-state index in [1.54, 1.807) is 0 Å². The predicted molar refractivity (Wildman–Crippen MR) is 140 cm³/mol. The van der Waals surface area contributed by atoms with Gasteiger partial charge in [0.2, 0.25) is 0 Å². The van der Waals surface area contributed by atoms with Gasteiger partial charge in [-0.3, -0.25) is 0 Å². The zero-order valence-corrected chi connectivity index (χ0v) is 22.1. The van der Waals surface area contributed by atoms with Crippen LogP contribution in [-0.2, 0) is 0 Å². The molecule has 0 amide bonds. The summed E-state index contributed by atoms with van der Waals surface area (Å²) in [6.45, 7) is 9.47. The van der Waals surface area contributed by atoms with E-state index in [9.17, 15) is 0 Å². The molecule has 0 heterocycles. The molecule has 0 spiro atoms. The Morgan fingerprint density at radius 1 is 0.333 bits per heavy atom. The standard InChI is InChI=1S/C30H62/c1-5-6-7-24-27-30(4)28-25-22-20-18-16-14-12-10-8-9-11-13-15-17-19-21-23-26-29(2)3/h29-30H,5-28H2,1-4H3. The van der Waals surface area contributed by atoms with Crippen molar-refractivity contribution in [3.8, 4) is 0 Å². The average Bonchev–Trinajstić information content (AvgIpc) is 2.72. The van der Waals surface area contributed by atoms with E-state index < -0.39 is 0 Å². The highest BCUT2D eigenvalue weighted by Crippen LogP contribution is 2.19. The number of hydrogen-bond acceptors (Lipinski definition) is 0. The van der Waals surface area contributed by atoms with Gasteiger partial charge < -0.3 is 0 Å². The second kappa shape index (κ2) is 25.3. The molecule has 0 fully saturated rings. The quantitative estimate of drug-likeness (QED) is 0.128. The van der Waals surface area contributed by atoms with E-state index in [4.69, 9.17) is 0 Å². The summed E-state index contributed by atoms with van der Waals surface area (Å²) in [5, 5.41) is 0. The van der Waals surface area contributed by atoms with Gasteiger partial charge >= 0.3 is 0 Å². The lowest BCUT2D eigenvalue weighted by atomic mass is 9.96. The first-order chi connectivity index (χ1) is 14.7. The minimum Gasteiger partial charge on any atom is -0.0654 e. The Hall–Kier alpha value is 0. The highest BCUT2D eigenvalue weighted by Gasteiger charge is 2.02. The van der Waals surface area contributed by atoms with Gasteiger partial charge in [-0.05, 0) is 11.8 Å². The topological polar surface area (TPSA) is 0 Å². The van der Waals surface area contributed by atoms with Crippen LogP contribution in [0.2, 0.25) is 0 Å². The molecular formula is C30H62. The van der Waals surface area contributed by atoms with Crippen molar-refractivity contribution in [2.24, 2.45) is 11.8 Å². The summed E-state index contributed by atoms with van der Waals surface area (Å²) in [5.74, 6) is 1.87. The number of hydrogen-bond donors (Lipinski definition) is 0. The third kappa shape index (κ3) is 26.0. The van der Waals surface area contributed by atoms with Gasteiger partial charge in [0.1, 0.15) is 0 Å². The molecule has 30 heavy (non-hydrogen) atoms. The molecule has 0 aromatic rings. The molecular weight excluding hydrogens is 360 g/mol. The number of unbranched alkanes of at least 4 members (excludes halogenated alkanes) is 19. The molecule has 0 bridgehead atoms. The van der Waals surface area contributed by atoms with E-state index in [2.05, 4.69) is 27.7 Å². The summed E-state index contributed by atoms with van der Waals surface area (Å²) in [6, 6.07) is 0. The molecule has 0 nitrogen and oxygen atoms in total. The van der Waals surface area contributed by atoms with Crippen LogP contribution in [0.4, 0.5) is 0 Å². The van der Waals surface area contributed by atoms with Crippen molar-refractivity contribution in [2.75, 3.05) is 0 Å². The summed E-state index contributed by atoms with van der Waals surface area (Å²) < 4.78 is 0. The van der Waals surface area contributed by atoms with Gasteiger partial charge in [0, 0.05) is 0 Å². The van der Waals surface area contributed by atoms with Crippen molar-refractivity contribution in [3.05, 3.63) is 0 Å². The lowest BCUT2D eigenvalue weighted by Gasteiger charge is -2.10. The van der Waals surface area contributed by atoms with E-state index in [-0.39, 0.29) is 0 Å². The van der Waals surface area contributed by atoms with Gasteiger partial charge in [-0.15, -0.1) is 0 Å². The molecule has 0 aliphatic rings. The maximum atomic E-state index is 2.47.